The lowest BCUT2D eigenvalue weighted by atomic mass is 9.83. The zero-order chi connectivity index (χ0) is 19.9. The summed E-state index contributed by atoms with van der Waals surface area (Å²) in [7, 11) is -1.18. The number of nitrogens with one attached hydrogen (secondary N) is 1. The Balaban J connectivity index is 1.57. The largest absolute Gasteiger partial charge is 0.485 e. The minimum atomic E-state index is -1.18. The topological polar surface area (TPSA) is 67.3 Å². The van der Waals surface area contributed by atoms with Gasteiger partial charge in [-0.15, -0.1) is 0 Å². The summed E-state index contributed by atoms with van der Waals surface area (Å²) >= 11 is 3.38. The minimum absolute atomic E-state index is 0.100. The zero-order valence-corrected chi connectivity index (χ0v) is 18.7. The molecule has 1 saturated heterocycles. The van der Waals surface area contributed by atoms with Gasteiger partial charge < -0.3 is 9.64 Å². The second-order valence-electron chi connectivity index (χ2n) is 8.32. The average molecular weight is 465 g/mol. The summed E-state index contributed by atoms with van der Waals surface area (Å²) in [4.78, 5) is 11.0. The van der Waals surface area contributed by atoms with Gasteiger partial charge in [0.2, 0.25) is 5.95 Å². The number of halogens is 1. The zero-order valence-electron chi connectivity index (χ0n) is 16.3. The van der Waals surface area contributed by atoms with E-state index in [1.54, 1.807) is 12.4 Å². The molecule has 0 saturated carbocycles. The van der Waals surface area contributed by atoms with Crippen LogP contribution in [0.5, 0.6) is 5.75 Å². The smallest absolute Gasteiger partial charge is 0.225 e. The molecule has 0 radical (unpaired) electrons. The number of rotatable bonds is 3. The van der Waals surface area contributed by atoms with Gasteiger partial charge in [-0.05, 0) is 42.8 Å². The van der Waals surface area contributed by atoms with E-state index in [4.69, 9.17) is 4.74 Å². The van der Waals surface area contributed by atoms with Crippen LogP contribution < -0.4 is 14.4 Å². The SMILES string of the molecule is CC(C)(C)[S@@](=O)N[C@@H]1c2ccccc2OC12CCN(c1ncc(Br)cn1)CC2. The maximum absolute atomic E-state index is 12.9. The minimum Gasteiger partial charge on any atom is -0.485 e. The van der Waals surface area contributed by atoms with Crippen molar-refractivity contribution in [2.45, 2.75) is 50.0 Å². The molecule has 0 bridgehead atoms. The predicted octanol–water partition coefficient (Wildman–Crippen LogP) is 3.76. The van der Waals surface area contributed by atoms with E-state index in [1.807, 2.05) is 39.0 Å². The first kappa shape index (κ1) is 19.8. The molecule has 0 amide bonds. The van der Waals surface area contributed by atoms with E-state index in [-0.39, 0.29) is 10.8 Å². The fourth-order valence-electron chi connectivity index (χ4n) is 3.77. The van der Waals surface area contributed by atoms with Crippen molar-refractivity contribution in [3.05, 3.63) is 46.7 Å². The van der Waals surface area contributed by atoms with Crippen molar-refractivity contribution in [1.82, 2.24) is 14.7 Å². The van der Waals surface area contributed by atoms with Crippen molar-refractivity contribution in [2.75, 3.05) is 18.0 Å². The van der Waals surface area contributed by atoms with Crippen LogP contribution in [0.15, 0.2) is 41.1 Å². The number of benzene rings is 1. The molecule has 2 aliphatic heterocycles. The van der Waals surface area contributed by atoms with Crippen LogP contribution in [0.25, 0.3) is 0 Å². The van der Waals surface area contributed by atoms with Crippen LogP contribution in [0.1, 0.15) is 45.2 Å². The molecule has 8 heteroatoms. The molecule has 2 aromatic rings. The van der Waals surface area contributed by atoms with E-state index >= 15 is 0 Å². The van der Waals surface area contributed by atoms with Gasteiger partial charge in [0.15, 0.2) is 0 Å². The Labute approximate surface area is 176 Å². The number of hydrogen-bond donors (Lipinski definition) is 1. The van der Waals surface area contributed by atoms with Crippen molar-refractivity contribution in [3.8, 4) is 5.75 Å². The first-order chi connectivity index (χ1) is 13.3. The van der Waals surface area contributed by atoms with Crippen LogP contribution in [0.2, 0.25) is 0 Å². The Morgan fingerprint density at radius 2 is 1.86 bits per heavy atom. The summed E-state index contributed by atoms with van der Waals surface area (Å²) in [6.07, 6.45) is 5.15. The van der Waals surface area contributed by atoms with E-state index in [1.165, 1.54) is 0 Å². The van der Waals surface area contributed by atoms with Gasteiger partial charge in [-0.3, -0.25) is 0 Å². The molecule has 1 aromatic heterocycles. The fourth-order valence-corrected chi connectivity index (χ4v) is 4.89. The molecular formula is C20H25BrN4O2S. The van der Waals surface area contributed by atoms with E-state index < -0.39 is 16.6 Å². The Morgan fingerprint density at radius 1 is 1.21 bits per heavy atom. The van der Waals surface area contributed by atoms with Crippen LogP contribution in [-0.4, -0.2) is 37.6 Å². The molecule has 4 rings (SSSR count). The van der Waals surface area contributed by atoms with Gasteiger partial charge in [0.1, 0.15) is 11.4 Å². The maximum atomic E-state index is 12.9. The molecule has 2 atom stereocenters. The van der Waals surface area contributed by atoms with Crippen LogP contribution >= 0.6 is 15.9 Å². The lowest BCUT2D eigenvalue weighted by Crippen LogP contribution is -2.54. The second kappa shape index (κ2) is 7.39. The molecule has 1 spiro atoms. The standard InChI is InChI=1S/C20H25BrN4O2S/c1-19(2,3)28(26)24-17-15-6-4-5-7-16(15)27-20(17)8-10-25(11-9-20)18-22-12-14(21)13-23-18/h4-7,12-13,17,24H,8-11H2,1-3H3/t17-,28-/m1/s1. The van der Waals surface area contributed by atoms with Gasteiger partial charge in [0.05, 0.1) is 26.2 Å². The Kier molecular flexibility index (Phi) is 5.22. The first-order valence-electron chi connectivity index (χ1n) is 9.47. The first-order valence-corrected chi connectivity index (χ1v) is 11.4. The lowest BCUT2D eigenvalue weighted by molar-refractivity contribution is 0.0382. The molecule has 3 heterocycles. The molecule has 0 aliphatic carbocycles. The molecule has 1 fully saturated rings. The van der Waals surface area contributed by atoms with Gasteiger partial charge >= 0.3 is 0 Å². The monoisotopic (exact) mass is 464 g/mol. The van der Waals surface area contributed by atoms with Crippen LogP contribution in [0.4, 0.5) is 5.95 Å². The van der Waals surface area contributed by atoms with Crippen molar-refractivity contribution >= 4 is 32.9 Å². The molecular weight excluding hydrogens is 440 g/mol. The third-order valence-corrected chi connectivity index (χ3v) is 7.32. The van der Waals surface area contributed by atoms with Gasteiger partial charge in [-0.2, -0.15) is 0 Å². The Hall–Kier alpha value is -1.51. The highest BCUT2D eigenvalue weighted by atomic mass is 79.9. The summed E-state index contributed by atoms with van der Waals surface area (Å²) in [6.45, 7) is 7.53. The highest BCUT2D eigenvalue weighted by Gasteiger charge is 2.51. The number of fused-ring (bicyclic) bond motifs is 1. The van der Waals surface area contributed by atoms with Gasteiger partial charge in [-0.25, -0.2) is 18.9 Å². The number of para-hydroxylation sites is 1. The lowest BCUT2D eigenvalue weighted by Gasteiger charge is -2.42. The average Bonchev–Trinajstić information content (AvgIpc) is 2.95. The fraction of sp³-hybridized carbons (Fsp3) is 0.500. The van der Waals surface area contributed by atoms with E-state index in [0.717, 1.165) is 47.7 Å². The molecule has 150 valence electrons. The predicted molar refractivity (Wildman–Crippen MR) is 115 cm³/mol. The quantitative estimate of drug-likeness (QED) is 0.748. The van der Waals surface area contributed by atoms with Gasteiger partial charge in [0, 0.05) is 43.9 Å². The second-order valence-corrected chi connectivity index (χ2v) is 11.2. The van der Waals surface area contributed by atoms with Crippen molar-refractivity contribution in [3.63, 3.8) is 0 Å². The number of piperidine rings is 1. The van der Waals surface area contributed by atoms with Crippen molar-refractivity contribution < 1.29 is 8.95 Å². The molecule has 0 unspecified atom stereocenters. The third kappa shape index (κ3) is 3.69. The Bertz CT molecular complexity index is 877. The van der Waals surface area contributed by atoms with Crippen LogP contribution in [0, 0.1) is 0 Å². The third-order valence-electron chi connectivity index (χ3n) is 5.35. The van der Waals surface area contributed by atoms with Gasteiger partial charge in [-0.1, -0.05) is 18.2 Å². The highest BCUT2D eigenvalue weighted by molar-refractivity contribution is 9.10. The number of hydrogen-bond acceptors (Lipinski definition) is 5. The summed E-state index contributed by atoms with van der Waals surface area (Å²) < 4.78 is 23.3. The van der Waals surface area contributed by atoms with Crippen LogP contribution in [0.3, 0.4) is 0 Å². The van der Waals surface area contributed by atoms with Crippen molar-refractivity contribution in [1.29, 1.82) is 0 Å². The number of aromatic nitrogens is 2. The maximum Gasteiger partial charge on any atom is 0.225 e. The number of anilines is 1. The van der Waals surface area contributed by atoms with E-state index in [9.17, 15) is 4.21 Å². The van der Waals surface area contributed by atoms with E-state index in [0.29, 0.717) is 0 Å². The number of ether oxygens (including phenoxy) is 1. The number of nitrogens with zero attached hydrogens (tertiary/aromatic N) is 3. The Morgan fingerprint density at radius 3 is 2.50 bits per heavy atom. The van der Waals surface area contributed by atoms with Crippen LogP contribution in [-0.2, 0) is 11.0 Å². The molecule has 2 aliphatic rings. The van der Waals surface area contributed by atoms with E-state index in [2.05, 4.69) is 41.6 Å². The molecule has 6 nitrogen and oxygen atoms in total. The van der Waals surface area contributed by atoms with Crippen molar-refractivity contribution in [2.24, 2.45) is 0 Å². The summed E-state index contributed by atoms with van der Waals surface area (Å²) in [5.74, 6) is 1.62. The molecule has 1 N–H and O–H groups in total. The summed E-state index contributed by atoms with van der Waals surface area (Å²) in [5, 5.41) is 0. The summed E-state index contributed by atoms with van der Waals surface area (Å²) in [5.41, 5.74) is 0.685. The molecule has 1 aromatic carbocycles. The summed E-state index contributed by atoms with van der Waals surface area (Å²) in [6, 6.07) is 7.98. The van der Waals surface area contributed by atoms with Gasteiger partial charge in [0.25, 0.3) is 0 Å². The highest BCUT2D eigenvalue weighted by Crippen LogP contribution is 2.48. The molecule has 28 heavy (non-hydrogen) atoms. The normalized spacial score (nSPS) is 22.0.